The van der Waals surface area contributed by atoms with Crippen LogP contribution in [-0.4, -0.2) is 41.9 Å². The number of carbonyl (C=O) groups is 1. The molecule has 3 rings (SSSR count). The standard InChI is InChI=1S/C17H21FN4O3S/c1-11-16(12(2)21-20-11)26(24,25)22-9-3-4-13(10-22)17(23)19-15-7-5-14(18)6-8-15/h5-8,13H,3-4,9-10H2,1-2H3,(H,19,23)(H,20,21). The Kier molecular flexibility index (Phi) is 5.10. The monoisotopic (exact) mass is 380 g/mol. The van der Waals surface area contributed by atoms with E-state index in [1.54, 1.807) is 13.8 Å². The van der Waals surface area contributed by atoms with Crippen molar-refractivity contribution < 1.29 is 17.6 Å². The lowest BCUT2D eigenvalue weighted by molar-refractivity contribution is -0.120. The smallest absolute Gasteiger partial charge is 0.246 e. The summed E-state index contributed by atoms with van der Waals surface area (Å²) in [7, 11) is -3.71. The maximum Gasteiger partial charge on any atom is 0.246 e. The van der Waals surface area contributed by atoms with Crippen LogP contribution >= 0.6 is 0 Å². The van der Waals surface area contributed by atoms with E-state index in [1.807, 2.05) is 0 Å². The highest BCUT2D eigenvalue weighted by molar-refractivity contribution is 7.89. The Morgan fingerprint density at radius 1 is 1.31 bits per heavy atom. The van der Waals surface area contributed by atoms with Gasteiger partial charge in [0, 0.05) is 18.8 Å². The topological polar surface area (TPSA) is 95.2 Å². The molecule has 0 spiro atoms. The van der Waals surface area contributed by atoms with Gasteiger partial charge in [-0.2, -0.15) is 9.40 Å². The summed E-state index contributed by atoms with van der Waals surface area (Å²) in [4.78, 5) is 12.7. The number of nitrogens with one attached hydrogen (secondary N) is 2. The summed E-state index contributed by atoms with van der Waals surface area (Å²) >= 11 is 0. The first-order valence-electron chi connectivity index (χ1n) is 8.37. The van der Waals surface area contributed by atoms with Crippen LogP contribution in [0, 0.1) is 25.6 Å². The minimum atomic E-state index is -3.71. The van der Waals surface area contributed by atoms with E-state index in [0.717, 1.165) is 0 Å². The van der Waals surface area contributed by atoms with Crippen LogP contribution in [0.2, 0.25) is 0 Å². The number of carbonyl (C=O) groups excluding carboxylic acids is 1. The van der Waals surface area contributed by atoms with Gasteiger partial charge in [-0.25, -0.2) is 12.8 Å². The Bertz CT molecular complexity index is 889. The fourth-order valence-corrected chi connectivity index (χ4v) is 5.06. The minimum Gasteiger partial charge on any atom is -0.326 e. The zero-order valence-electron chi connectivity index (χ0n) is 14.6. The maximum absolute atomic E-state index is 13.0. The molecule has 0 aliphatic carbocycles. The predicted octanol–water partition coefficient (Wildman–Crippen LogP) is 2.21. The molecule has 1 saturated heterocycles. The SMILES string of the molecule is Cc1n[nH]c(C)c1S(=O)(=O)N1CCCC(C(=O)Nc2ccc(F)cc2)C1. The number of sulfonamides is 1. The normalized spacial score (nSPS) is 18.7. The fraction of sp³-hybridized carbons (Fsp3) is 0.412. The number of rotatable bonds is 4. The molecule has 1 fully saturated rings. The van der Waals surface area contributed by atoms with Crippen molar-refractivity contribution in [3.8, 4) is 0 Å². The minimum absolute atomic E-state index is 0.111. The van der Waals surface area contributed by atoms with E-state index in [9.17, 15) is 17.6 Å². The Labute approximate surface area is 151 Å². The molecule has 1 aromatic carbocycles. The molecule has 1 unspecified atom stereocenters. The van der Waals surface area contributed by atoms with E-state index in [1.165, 1.54) is 28.6 Å². The molecule has 0 bridgehead atoms. The Hall–Kier alpha value is -2.26. The first-order chi connectivity index (χ1) is 12.3. The molecule has 26 heavy (non-hydrogen) atoms. The molecule has 1 aliphatic heterocycles. The lowest BCUT2D eigenvalue weighted by Crippen LogP contribution is -2.43. The second kappa shape index (κ2) is 7.16. The van der Waals surface area contributed by atoms with E-state index in [0.29, 0.717) is 36.5 Å². The first kappa shape index (κ1) is 18.5. The molecule has 2 heterocycles. The van der Waals surface area contributed by atoms with Crippen LogP contribution in [0.5, 0.6) is 0 Å². The summed E-state index contributed by atoms with van der Waals surface area (Å²) in [6, 6.07) is 5.47. The van der Waals surface area contributed by atoms with Gasteiger partial charge in [0.15, 0.2) is 0 Å². The molecule has 2 aromatic rings. The van der Waals surface area contributed by atoms with Gasteiger partial charge in [0.05, 0.1) is 17.3 Å². The Morgan fingerprint density at radius 3 is 2.62 bits per heavy atom. The van der Waals surface area contributed by atoms with Gasteiger partial charge in [-0.3, -0.25) is 9.89 Å². The van der Waals surface area contributed by atoms with E-state index < -0.39 is 15.9 Å². The van der Waals surface area contributed by atoms with Crippen LogP contribution < -0.4 is 5.32 Å². The summed E-state index contributed by atoms with van der Waals surface area (Å²) in [6.45, 7) is 3.78. The molecule has 1 atom stereocenters. The van der Waals surface area contributed by atoms with Gasteiger partial charge >= 0.3 is 0 Å². The number of anilines is 1. The van der Waals surface area contributed by atoms with Crippen molar-refractivity contribution >= 4 is 21.6 Å². The maximum atomic E-state index is 13.0. The number of aryl methyl sites for hydroxylation is 2. The highest BCUT2D eigenvalue weighted by atomic mass is 32.2. The lowest BCUT2D eigenvalue weighted by atomic mass is 9.99. The molecule has 1 amide bonds. The van der Waals surface area contributed by atoms with Gasteiger partial charge in [-0.1, -0.05) is 0 Å². The highest BCUT2D eigenvalue weighted by Crippen LogP contribution is 2.27. The molecule has 7 nitrogen and oxygen atoms in total. The molecule has 1 aromatic heterocycles. The second-order valence-electron chi connectivity index (χ2n) is 6.46. The van der Waals surface area contributed by atoms with E-state index >= 15 is 0 Å². The summed E-state index contributed by atoms with van der Waals surface area (Å²) in [5, 5.41) is 9.36. The third kappa shape index (κ3) is 3.63. The van der Waals surface area contributed by atoms with Crippen LogP contribution in [-0.2, 0) is 14.8 Å². The third-order valence-corrected chi connectivity index (χ3v) is 6.65. The molecule has 2 N–H and O–H groups in total. The molecule has 9 heteroatoms. The van der Waals surface area contributed by atoms with Crippen molar-refractivity contribution in [1.82, 2.24) is 14.5 Å². The van der Waals surface area contributed by atoms with E-state index in [2.05, 4.69) is 15.5 Å². The van der Waals surface area contributed by atoms with Crippen LogP contribution in [0.1, 0.15) is 24.2 Å². The average molecular weight is 380 g/mol. The van der Waals surface area contributed by atoms with Crippen LogP contribution in [0.4, 0.5) is 10.1 Å². The number of halogens is 1. The van der Waals surface area contributed by atoms with Gasteiger partial charge in [-0.15, -0.1) is 0 Å². The van der Waals surface area contributed by atoms with Gasteiger partial charge < -0.3 is 5.32 Å². The summed E-state index contributed by atoms with van der Waals surface area (Å²) in [6.07, 6.45) is 1.19. The molecule has 140 valence electrons. The fourth-order valence-electron chi connectivity index (χ4n) is 3.20. The van der Waals surface area contributed by atoms with Crippen molar-refractivity contribution in [3.63, 3.8) is 0 Å². The summed E-state index contributed by atoms with van der Waals surface area (Å²) < 4.78 is 40.2. The number of piperidine rings is 1. The van der Waals surface area contributed by atoms with Crippen LogP contribution in [0.3, 0.4) is 0 Å². The van der Waals surface area contributed by atoms with Crippen molar-refractivity contribution in [2.45, 2.75) is 31.6 Å². The zero-order valence-corrected chi connectivity index (χ0v) is 15.4. The number of hydrogen-bond acceptors (Lipinski definition) is 4. The number of hydrogen-bond donors (Lipinski definition) is 2. The van der Waals surface area contributed by atoms with Gasteiger partial charge in [0.2, 0.25) is 15.9 Å². The van der Waals surface area contributed by atoms with Crippen molar-refractivity contribution in [3.05, 3.63) is 41.5 Å². The third-order valence-electron chi connectivity index (χ3n) is 4.53. The Balaban J connectivity index is 1.74. The van der Waals surface area contributed by atoms with Crippen LogP contribution in [0.25, 0.3) is 0 Å². The number of aromatic amines is 1. The molecule has 0 radical (unpaired) electrons. The largest absolute Gasteiger partial charge is 0.326 e. The Morgan fingerprint density at radius 2 is 2.00 bits per heavy atom. The summed E-state index contributed by atoms with van der Waals surface area (Å²) in [5.41, 5.74) is 1.39. The molecule has 0 saturated carbocycles. The number of benzene rings is 1. The van der Waals surface area contributed by atoms with E-state index in [4.69, 9.17) is 0 Å². The zero-order chi connectivity index (χ0) is 18.9. The van der Waals surface area contributed by atoms with Crippen LogP contribution in [0.15, 0.2) is 29.2 Å². The number of nitrogens with zero attached hydrogens (tertiary/aromatic N) is 2. The predicted molar refractivity (Wildman–Crippen MR) is 94.6 cm³/mol. The molecule has 1 aliphatic rings. The second-order valence-corrected chi connectivity index (χ2v) is 8.34. The average Bonchev–Trinajstić information content (AvgIpc) is 2.96. The quantitative estimate of drug-likeness (QED) is 0.850. The van der Waals surface area contributed by atoms with Gasteiger partial charge in [-0.05, 0) is 51.0 Å². The lowest BCUT2D eigenvalue weighted by Gasteiger charge is -2.31. The van der Waals surface area contributed by atoms with Gasteiger partial charge in [0.1, 0.15) is 10.7 Å². The summed E-state index contributed by atoms with van der Waals surface area (Å²) in [5.74, 6) is -1.11. The molecular formula is C17H21FN4O3S. The van der Waals surface area contributed by atoms with Crippen molar-refractivity contribution in [1.29, 1.82) is 0 Å². The number of H-pyrrole nitrogens is 1. The number of aromatic nitrogens is 2. The van der Waals surface area contributed by atoms with Gasteiger partial charge in [0.25, 0.3) is 0 Å². The number of amides is 1. The molecular weight excluding hydrogens is 359 g/mol. The van der Waals surface area contributed by atoms with Crippen molar-refractivity contribution in [2.75, 3.05) is 18.4 Å². The highest BCUT2D eigenvalue weighted by Gasteiger charge is 2.35. The van der Waals surface area contributed by atoms with Crippen molar-refractivity contribution in [2.24, 2.45) is 5.92 Å². The first-order valence-corrected chi connectivity index (χ1v) is 9.81. The van der Waals surface area contributed by atoms with E-state index in [-0.39, 0.29) is 23.2 Å².